The van der Waals surface area contributed by atoms with Crippen molar-refractivity contribution in [3.05, 3.63) is 29.8 Å². The summed E-state index contributed by atoms with van der Waals surface area (Å²) in [5.41, 5.74) is 0.917. The molecule has 9 heteroatoms. The van der Waals surface area contributed by atoms with Gasteiger partial charge < -0.3 is 19.7 Å². The Kier molecular flexibility index (Phi) is 9.66. The maximum Gasteiger partial charge on any atom is 0.414 e. The maximum atomic E-state index is 12.2. The van der Waals surface area contributed by atoms with Gasteiger partial charge in [-0.3, -0.25) is 14.9 Å². The van der Waals surface area contributed by atoms with Crippen LogP contribution in [0.4, 0.5) is 10.5 Å². The lowest BCUT2D eigenvalue weighted by Crippen LogP contribution is -3.14. The minimum Gasteiger partial charge on any atom is -0.459 e. The second-order valence-corrected chi connectivity index (χ2v) is 6.31. The van der Waals surface area contributed by atoms with Crippen LogP contribution in [0.2, 0.25) is 0 Å². The highest BCUT2D eigenvalue weighted by molar-refractivity contribution is 5.94. The van der Waals surface area contributed by atoms with E-state index >= 15 is 0 Å². The number of hydrogen-bond acceptors (Lipinski definition) is 6. The highest BCUT2D eigenvalue weighted by atomic mass is 16.5. The highest BCUT2D eigenvalue weighted by Crippen LogP contribution is 2.11. The van der Waals surface area contributed by atoms with Crippen LogP contribution < -0.4 is 15.5 Å². The van der Waals surface area contributed by atoms with Gasteiger partial charge in [0.15, 0.2) is 13.1 Å². The molecule has 0 aliphatic carbocycles. The molecular formula is C19H28N3O6+. The number of imide groups is 1. The van der Waals surface area contributed by atoms with Crippen LogP contribution in [-0.4, -0.2) is 56.2 Å². The second-order valence-electron chi connectivity index (χ2n) is 6.31. The quantitative estimate of drug-likeness (QED) is 0.521. The van der Waals surface area contributed by atoms with E-state index in [2.05, 4.69) is 15.4 Å². The molecule has 28 heavy (non-hydrogen) atoms. The fourth-order valence-corrected chi connectivity index (χ4v) is 2.27. The smallest absolute Gasteiger partial charge is 0.414 e. The van der Waals surface area contributed by atoms with Gasteiger partial charge in [0.05, 0.1) is 24.8 Å². The minimum absolute atomic E-state index is 0.0390. The number of benzene rings is 1. The van der Waals surface area contributed by atoms with Gasteiger partial charge >= 0.3 is 12.1 Å². The first-order valence-corrected chi connectivity index (χ1v) is 9.16. The fraction of sp³-hybridized carbons (Fsp3) is 0.474. The first-order valence-electron chi connectivity index (χ1n) is 9.16. The summed E-state index contributed by atoms with van der Waals surface area (Å²) < 4.78 is 9.75. The SMILES string of the molecule is CCOC(=O)NC(=O)C[NH+](CC)CC(=O)Nc1ccc(C(=O)OC(C)C)cc1. The monoisotopic (exact) mass is 394 g/mol. The Morgan fingerprint density at radius 2 is 1.61 bits per heavy atom. The summed E-state index contributed by atoms with van der Waals surface area (Å²) in [6, 6.07) is 6.34. The average Bonchev–Trinajstić information content (AvgIpc) is 2.61. The van der Waals surface area contributed by atoms with E-state index in [4.69, 9.17) is 4.74 Å². The van der Waals surface area contributed by atoms with Gasteiger partial charge in [-0.05, 0) is 52.0 Å². The molecule has 3 N–H and O–H groups in total. The Hall–Kier alpha value is -2.94. The first-order chi connectivity index (χ1) is 13.2. The van der Waals surface area contributed by atoms with Crippen LogP contribution in [-0.2, 0) is 19.1 Å². The Balaban J connectivity index is 2.54. The molecule has 0 aromatic heterocycles. The Morgan fingerprint density at radius 3 is 2.14 bits per heavy atom. The summed E-state index contributed by atoms with van der Waals surface area (Å²) in [6.45, 7) is 7.69. The van der Waals surface area contributed by atoms with E-state index in [0.717, 1.165) is 0 Å². The summed E-state index contributed by atoms with van der Waals surface area (Å²) in [4.78, 5) is 47.7. The predicted octanol–water partition coefficient (Wildman–Crippen LogP) is 0.368. The summed E-state index contributed by atoms with van der Waals surface area (Å²) in [5.74, 6) is -1.24. The second kappa shape index (κ2) is 11.7. The topological polar surface area (TPSA) is 115 Å². The van der Waals surface area contributed by atoms with Gasteiger partial charge in [0.25, 0.3) is 11.8 Å². The number of anilines is 1. The summed E-state index contributed by atoms with van der Waals surface area (Å²) in [7, 11) is 0. The van der Waals surface area contributed by atoms with Crippen molar-refractivity contribution in [1.82, 2.24) is 5.32 Å². The normalized spacial score (nSPS) is 11.5. The molecule has 0 saturated carbocycles. The molecule has 1 unspecified atom stereocenters. The van der Waals surface area contributed by atoms with Crippen LogP contribution in [0.3, 0.4) is 0 Å². The van der Waals surface area contributed by atoms with Crippen LogP contribution in [0.5, 0.6) is 0 Å². The summed E-state index contributed by atoms with van der Waals surface area (Å²) in [6.07, 6.45) is -1.01. The molecule has 1 atom stereocenters. The number of carbonyl (C=O) groups excluding carboxylic acids is 4. The first kappa shape index (κ1) is 23.1. The molecule has 1 aromatic rings. The van der Waals surface area contributed by atoms with E-state index in [1.807, 2.05) is 6.92 Å². The summed E-state index contributed by atoms with van der Waals surface area (Å²) >= 11 is 0. The fourth-order valence-electron chi connectivity index (χ4n) is 2.27. The molecule has 9 nitrogen and oxygen atoms in total. The van der Waals surface area contributed by atoms with E-state index < -0.39 is 18.0 Å². The molecule has 0 bridgehead atoms. The molecule has 0 radical (unpaired) electrons. The molecule has 0 spiro atoms. The van der Waals surface area contributed by atoms with Crippen LogP contribution in [0.25, 0.3) is 0 Å². The van der Waals surface area contributed by atoms with Gasteiger partial charge in [0, 0.05) is 5.69 Å². The van der Waals surface area contributed by atoms with Crippen molar-refractivity contribution in [1.29, 1.82) is 0 Å². The van der Waals surface area contributed by atoms with Crippen LogP contribution in [0.15, 0.2) is 24.3 Å². The van der Waals surface area contributed by atoms with E-state index in [-0.39, 0.29) is 31.7 Å². The molecule has 0 aliphatic rings. The number of likely N-dealkylation sites (N-methyl/N-ethyl adjacent to an activating group) is 1. The number of hydrogen-bond donors (Lipinski definition) is 3. The number of rotatable bonds is 9. The number of alkyl carbamates (subject to hydrolysis) is 1. The van der Waals surface area contributed by atoms with Crippen molar-refractivity contribution in [2.75, 3.05) is 31.6 Å². The zero-order chi connectivity index (χ0) is 21.1. The van der Waals surface area contributed by atoms with Gasteiger partial charge in [-0.25, -0.2) is 9.59 Å². The maximum absolute atomic E-state index is 12.2. The molecule has 0 heterocycles. The van der Waals surface area contributed by atoms with Gasteiger partial charge in [0.2, 0.25) is 0 Å². The van der Waals surface area contributed by atoms with Crippen molar-refractivity contribution in [2.45, 2.75) is 33.8 Å². The van der Waals surface area contributed by atoms with Crippen LogP contribution in [0.1, 0.15) is 38.1 Å². The third-order valence-electron chi connectivity index (χ3n) is 3.59. The van der Waals surface area contributed by atoms with Gasteiger partial charge in [0.1, 0.15) is 0 Å². The molecule has 0 saturated heterocycles. The van der Waals surface area contributed by atoms with Crippen LogP contribution in [0, 0.1) is 0 Å². The number of amides is 3. The van der Waals surface area contributed by atoms with E-state index in [1.165, 1.54) is 0 Å². The number of quaternary nitrogens is 1. The Morgan fingerprint density at radius 1 is 1.00 bits per heavy atom. The van der Waals surface area contributed by atoms with Gasteiger partial charge in [-0.15, -0.1) is 0 Å². The Labute approximate surface area is 164 Å². The van der Waals surface area contributed by atoms with E-state index in [0.29, 0.717) is 22.7 Å². The summed E-state index contributed by atoms with van der Waals surface area (Å²) in [5, 5.41) is 4.82. The number of carbonyl (C=O) groups is 4. The van der Waals surface area contributed by atoms with Gasteiger partial charge in [-0.1, -0.05) is 0 Å². The molecular weight excluding hydrogens is 366 g/mol. The number of nitrogens with one attached hydrogen (secondary N) is 3. The number of esters is 1. The number of ether oxygens (including phenoxy) is 2. The molecule has 1 aromatic carbocycles. The van der Waals surface area contributed by atoms with Crippen molar-refractivity contribution in [3.8, 4) is 0 Å². The zero-order valence-electron chi connectivity index (χ0n) is 16.7. The van der Waals surface area contributed by atoms with Crippen molar-refractivity contribution in [3.63, 3.8) is 0 Å². The molecule has 0 aliphatic heterocycles. The molecule has 1 rings (SSSR count). The molecule has 154 valence electrons. The highest BCUT2D eigenvalue weighted by Gasteiger charge is 2.19. The van der Waals surface area contributed by atoms with Crippen molar-refractivity contribution < 1.29 is 33.6 Å². The third kappa shape index (κ3) is 8.63. The van der Waals surface area contributed by atoms with Crippen LogP contribution >= 0.6 is 0 Å². The zero-order valence-corrected chi connectivity index (χ0v) is 16.7. The van der Waals surface area contributed by atoms with E-state index in [9.17, 15) is 19.2 Å². The largest absolute Gasteiger partial charge is 0.459 e. The minimum atomic E-state index is -0.802. The molecule has 0 fully saturated rings. The average molecular weight is 394 g/mol. The van der Waals surface area contributed by atoms with Crippen molar-refractivity contribution in [2.24, 2.45) is 0 Å². The predicted molar refractivity (Wildman–Crippen MR) is 102 cm³/mol. The van der Waals surface area contributed by atoms with E-state index in [1.54, 1.807) is 45.0 Å². The lowest BCUT2D eigenvalue weighted by Gasteiger charge is -2.16. The van der Waals surface area contributed by atoms with Crippen molar-refractivity contribution >= 4 is 29.6 Å². The lowest BCUT2D eigenvalue weighted by atomic mass is 10.2. The lowest BCUT2D eigenvalue weighted by molar-refractivity contribution is -0.881. The van der Waals surface area contributed by atoms with Gasteiger partial charge in [-0.2, -0.15) is 0 Å². The third-order valence-corrected chi connectivity index (χ3v) is 3.59. The Bertz CT molecular complexity index is 687. The molecule has 3 amide bonds. The standard InChI is InChI=1S/C19H27N3O6/c1-5-22(12-17(24)21-19(26)27-6-2)11-16(23)20-15-9-7-14(8-10-15)18(25)28-13(3)4/h7-10,13H,5-6,11-12H2,1-4H3,(H,20,23)(H,21,24,26)/p+1.